The van der Waals surface area contributed by atoms with Crippen molar-refractivity contribution >= 4 is 50.7 Å². The fourth-order valence-electron chi connectivity index (χ4n) is 4.60. The van der Waals surface area contributed by atoms with Crippen LogP contribution in [-0.4, -0.2) is 50.5 Å². The minimum absolute atomic E-state index is 0.0202. The molecule has 7 nitrogen and oxygen atoms in total. The van der Waals surface area contributed by atoms with E-state index in [0.717, 1.165) is 23.8 Å². The average Bonchev–Trinajstić information content (AvgIpc) is 2.93. The first-order valence-corrected chi connectivity index (χ1v) is 16.2. The van der Waals surface area contributed by atoms with Crippen LogP contribution in [0.15, 0.2) is 72.8 Å². The summed E-state index contributed by atoms with van der Waals surface area (Å²) >= 11 is 13.0. The SMILES string of the molecule is CCCNC(=O)[C@@H](Cc1ccccc1)N(Cc1c(Cl)cccc1Cl)C(=O)CCCN(c1ccccc1C)S(C)(=O)=O. The number of hydrogen-bond acceptors (Lipinski definition) is 4. The number of sulfonamides is 1. The van der Waals surface area contributed by atoms with Gasteiger partial charge in [-0.1, -0.05) is 84.7 Å². The lowest BCUT2D eigenvalue weighted by molar-refractivity contribution is -0.141. The van der Waals surface area contributed by atoms with Crippen molar-refractivity contribution in [2.75, 3.05) is 23.7 Å². The molecule has 0 bridgehead atoms. The highest BCUT2D eigenvalue weighted by Crippen LogP contribution is 2.28. The molecule has 1 N–H and O–H groups in total. The zero-order valence-corrected chi connectivity index (χ0v) is 26.0. The molecular weight excluding hydrogens is 581 g/mol. The van der Waals surface area contributed by atoms with Gasteiger partial charge in [0.05, 0.1) is 11.9 Å². The van der Waals surface area contributed by atoms with Gasteiger partial charge >= 0.3 is 0 Å². The number of anilines is 1. The van der Waals surface area contributed by atoms with E-state index < -0.39 is 16.1 Å². The van der Waals surface area contributed by atoms with Gasteiger partial charge in [0.25, 0.3) is 0 Å². The third-order valence-electron chi connectivity index (χ3n) is 6.75. The number of carbonyl (C=O) groups is 2. The summed E-state index contributed by atoms with van der Waals surface area (Å²) in [5.41, 5.74) is 2.83. The van der Waals surface area contributed by atoms with Gasteiger partial charge < -0.3 is 10.2 Å². The van der Waals surface area contributed by atoms with E-state index in [4.69, 9.17) is 23.2 Å². The maximum Gasteiger partial charge on any atom is 0.243 e. The molecule has 0 radical (unpaired) electrons. The van der Waals surface area contributed by atoms with Crippen molar-refractivity contribution in [2.24, 2.45) is 0 Å². The summed E-state index contributed by atoms with van der Waals surface area (Å²) in [6.07, 6.45) is 2.46. The Kier molecular flexibility index (Phi) is 12.1. The van der Waals surface area contributed by atoms with E-state index in [1.807, 2.05) is 56.3 Å². The third-order valence-corrected chi connectivity index (χ3v) is 8.63. The Hall–Kier alpha value is -3.07. The monoisotopic (exact) mass is 617 g/mol. The van der Waals surface area contributed by atoms with E-state index >= 15 is 0 Å². The summed E-state index contributed by atoms with van der Waals surface area (Å²) in [7, 11) is -3.59. The number of nitrogens with zero attached hydrogens (tertiary/aromatic N) is 2. The van der Waals surface area contributed by atoms with Crippen molar-refractivity contribution in [1.29, 1.82) is 0 Å². The van der Waals surface area contributed by atoms with Crippen molar-refractivity contribution in [3.63, 3.8) is 0 Å². The van der Waals surface area contributed by atoms with E-state index in [9.17, 15) is 18.0 Å². The molecule has 2 amide bonds. The summed E-state index contributed by atoms with van der Waals surface area (Å²) < 4.78 is 26.6. The Balaban J connectivity index is 1.92. The van der Waals surface area contributed by atoms with Crippen LogP contribution in [0.3, 0.4) is 0 Å². The topological polar surface area (TPSA) is 86.8 Å². The molecule has 0 heterocycles. The molecular formula is C31H37Cl2N3O4S. The third kappa shape index (κ3) is 9.21. The Labute approximate surface area is 253 Å². The maximum absolute atomic E-state index is 13.9. The molecule has 0 aliphatic rings. The number of rotatable bonds is 14. The van der Waals surface area contributed by atoms with Gasteiger partial charge in [-0.15, -0.1) is 0 Å². The van der Waals surface area contributed by atoms with Crippen LogP contribution < -0.4 is 9.62 Å². The first-order chi connectivity index (χ1) is 19.5. The van der Waals surface area contributed by atoms with Crippen LogP contribution in [0.25, 0.3) is 0 Å². The Bertz CT molecular complexity index is 1410. The molecule has 0 spiro atoms. The molecule has 10 heteroatoms. The number of benzene rings is 3. The highest BCUT2D eigenvalue weighted by atomic mass is 35.5. The van der Waals surface area contributed by atoms with Crippen LogP contribution in [0.2, 0.25) is 10.0 Å². The minimum atomic E-state index is -3.59. The van der Waals surface area contributed by atoms with Crippen molar-refractivity contribution in [3.8, 4) is 0 Å². The summed E-state index contributed by atoms with van der Waals surface area (Å²) in [6, 6.07) is 21.0. The first kappa shape index (κ1) is 32.4. The fourth-order valence-corrected chi connectivity index (χ4v) is 6.14. The summed E-state index contributed by atoms with van der Waals surface area (Å²) in [5.74, 6) is -0.572. The first-order valence-electron chi connectivity index (χ1n) is 13.6. The molecule has 3 aromatic carbocycles. The zero-order valence-electron chi connectivity index (χ0n) is 23.6. The number of nitrogens with one attached hydrogen (secondary N) is 1. The smallest absolute Gasteiger partial charge is 0.243 e. The minimum Gasteiger partial charge on any atom is -0.354 e. The molecule has 0 saturated carbocycles. The van der Waals surface area contributed by atoms with E-state index in [2.05, 4.69) is 5.32 Å². The van der Waals surface area contributed by atoms with Crippen molar-refractivity contribution in [1.82, 2.24) is 10.2 Å². The standard InChI is InChI=1S/C31H37Cl2N3O4S/c1-4-19-34-31(38)29(21-24-13-6-5-7-14-24)35(22-25-26(32)15-10-16-27(25)33)30(37)18-11-20-36(41(3,39)40)28-17-9-8-12-23(28)2/h5-10,12-17,29H,4,11,18-22H2,1-3H3,(H,34,38)/t29-/m1/s1. The van der Waals surface area contributed by atoms with Gasteiger partial charge in [0, 0.05) is 48.1 Å². The molecule has 41 heavy (non-hydrogen) atoms. The van der Waals surface area contributed by atoms with Crippen LogP contribution in [-0.2, 0) is 32.6 Å². The Morgan fingerprint density at radius 3 is 2.17 bits per heavy atom. The summed E-state index contributed by atoms with van der Waals surface area (Å²) in [5, 5.41) is 3.73. The van der Waals surface area contributed by atoms with Crippen molar-refractivity contribution in [2.45, 2.75) is 52.1 Å². The molecule has 3 rings (SSSR count). The molecule has 0 fully saturated rings. The van der Waals surface area contributed by atoms with Crippen molar-refractivity contribution < 1.29 is 18.0 Å². The second-order valence-corrected chi connectivity index (χ2v) is 12.7. The summed E-state index contributed by atoms with van der Waals surface area (Å²) in [6.45, 7) is 4.42. The van der Waals surface area contributed by atoms with Gasteiger partial charge in [0.1, 0.15) is 6.04 Å². The molecule has 0 aromatic heterocycles. The molecule has 1 atom stereocenters. The Morgan fingerprint density at radius 1 is 0.927 bits per heavy atom. The van der Waals surface area contributed by atoms with Crippen LogP contribution >= 0.6 is 23.2 Å². The molecule has 0 aliphatic heterocycles. The zero-order chi connectivity index (χ0) is 30.0. The number of carbonyl (C=O) groups excluding carboxylic acids is 2. The molecule has 0 saturated heterocycles. The second-order valence-electron chi connectivity index (χ2n) is 9.94. The highest BCUT2D eigenvalue weighted by Gasteiger charge is 2.31. The fraction of sp³-hybridized carbons (Fsp3) is 0.355. The number of amides is 2. The average molecular weight is 619 g/mol. The number of hydrogen-bond donors (Lipinski definition) is 1. The van der Waals surface area contributed by atoms with E-state index in [1.54, 1.807) is 30.3 Å². The van der Waals surface area contributed by atoms with E-state index in [-0.39, 0.29) is 37.7 Å². The highest BCUT2D eigenvalue weighted by molar-refractivity contribution is 7.92. The predicted molar refractivity (Wildman–Crippen MR) is 167 cm³/mol. The van der Waals surface area contributed by atoms with Crippen LogP contribution in [0.5, 0.6) is 0 Å². The van der Waals surface area contributed by atoms with E-state index in [1.165, 1.54) is 9.21 Å². The van der Waals surface area contributed by atoms with E-state index in [0.29, 0.717) is 34.3 Å². The van der Waals surface area contributed by atoms with Gasteiger partial charge in [0.15, 0.2) is 0 Å². The molecule has 220 valence electrons. The van der Waals surface area contributed by atoms with Crippen molar-refractivity contribution in [3.05, 3.63) is 99.5 Å². The normalized spacial score (nSPS) is 12.0. The number of halogens is 2. The lowest BCUT2D eigenvalue weighted by Gasteiger charge is -2.32. The number of aryl methyl sites for hydroxylation is 1. The van der Waals surface area contributed by atoms with Gasteiger partial charge in [-0.05, 0) is 49.1 Å². The quantitative estimate of drug-likeness (QED) is 0.240. The largest absolute Gasteiger partial charge is 0.354 e. The molecule has 0 aliphatic carbocycles. The van der Waals surface area contributed by atoms with Crippen LogP contribution in [0.4, 0.5) is 5.69 Å². The summed E-state index contributed by atoms with van der Waals surface area (Å²) in [4.78, 5) is 28.9. The number of para-hydroxylation sites is 1. The molecule has 3 aromatic rings. The Morgan fingerprint density at radius 2 is 1.56 bits per heavy atom. The second kappa shape index (κ2) is 15.2. The van der Waals surface area contributed by atoms with Gasteiger partial charge in [-0.2, -0.15) is 0 Å². The predicted octanol–water partition coefficient (Wildman–Crippen LogP) is 6.01. The lowest BCUT2D eigenvalue weighted by atomic mass is 10.0. The van der Waals surface area contributed by atoms with Gasteiger partial charge in [-0.3, -0.25) is 13.9 Å². The van der Waals surface area contributed by atoms with Crippen LogP contribution in [0, 0.1) is 6.92 Å². The maximum atomic E-state index is 13.9. The van der Waals surface area contributed by atoms with Crippen LogP contribution in [0.1, 0.15) is 42.9 Å². The van der Waals surface area contributed by atoms with Gasteiger partial charge in [-0.25, -0.2) is 8.42 Å². The lowest BCUT2D eigenvalue weighted by Crippen LogP contribution is -2.50. The molecule has 0 unspecified atom stereocenters. The van der Waals surface area contributed by atoms with Gasteiger partial charge in [0.2, 0.25) is 21.8 Å².